The summed E-state index contributed by atoms with van der Waals surface area (Å²) in [6.45, 7) is 6.92. The summed E-state index contributed by atoms with van der Waals surface area (Å²) in [4.78, 5) is 11.7. The summed E-state index contributed by atoms with van der Waals surface area (Å²) < 4.78 is 23.7. The van der Waals surface area contributed by atoms with Gasteiger partial charge in [0.1, 0.15) is 23.8 Å². The van der Waals surface area contributed by atoms with Gasteiger partial charge in [-0.3, -0.25) is 0 Å². The number of carbonyl (C=O) groups excluding carboxylic acids is 1. The fraction of sp³-hybridized carbons (Fsp3) is 0.533. The van der Waals surface area contributed by atoms with Crippen LogP contribution in [0.25, 0.3) is 0 Å². The number of alkyl carbamates (subject to hydrolysis) is 1. The molecule has 1 rings (SSSR count). The smallest absolute Gasteiger partial charge is 0.408 e. The summed E-state index contributed by atoms with van der Waals surface area (Å²) in [5.41, 5.74) is 0.0127. The van der Waals surface area contributed by atoms with Crippen molar-refractivity contribution in [2.75, 3.05) is 13.2 Å². The average Bonchev–Trinajstić information content (AvgIpc) is 2.33. The highest BCUT2D eigenvalue weighted by atomic mass is 19.1. The summed E-state index contributed by atoms with van der Waals surface area (Å²) >= 11 is 0. The molecule has 1 amide bonds. The summed E-state index contributed by atoms with van der Waals surface area (Å²) in [7, 11) is 0. The van der Waals surface area contributed by atoms with E-state index in [1.54, 1.807) is 27.7 Å². The SMILES string of the molecule is C[C@@H](NC(=O)OC(C)(C)C)c1ccc(F)cc1OCCO. The second-order valence-electron chi connectivity index (χ2n) is 5.62. The number of hydrogen-bond donors (Lipinski definition) is 2. The van der Waals surface area contributed by atoms with Crippen LogP contribution >= 0.6 is 0 Å². The van der Waals surface area contributed by atoms with E-state index in [2.05, 4.69) is 5.32 Å². The van der Waals surface area contributed by atoms with E-state index in [9.17, 15) is 9.18 Å². The second-order valence-corrected chi connectivity index (χ2v) is 5.62. The maximum Gasteiger partial charge on any atom is 0.408 e. The minimum absolute atomic E-state index is 0.0512. The normalized spacial score (nSPS) is 12.7. The second kappa shape index (κ2) is 7.26. The van der Waals surface area contributed by atoms with Crippen molar-refractivity contribution in [3.63, 3.8) is 0 Å². The quantitative estimate of drug-likeness (QED) is 0.877. The number of benzene rings is 1. The van der Waals surface area contributed by atoms with Gasteiger partial charge in [0.05, 0.1) is 12.6 Å². The molecule has 0 aliphatic rings. The molecule has 1 aromatic rings. The lowest BCUT2D eigenvalue weighted by molar-refractivity contribution is 0.0507. The third-order valence-corrected chi connectivity index (χ3v) is 2.52. The lowest BCUT2D eigenvalue weighted by Gasteiger charge is -2.23. The minimum Gasteiger partial charge on any atom is -0.491 e. The largest absolute Gasteiger partial charge is 0.491 e. The van der Waals surface area contributed by atoms with E-state index >= 15 is 0 Å². The minimum atomic E-state index is -0.594. The molecule has 0 saturated carbocycles. The first kappa shape index (κ1) is 17.2. The van der Waals surface area contributed by atoms with Gasteiger partial charge in [-0.05, 0) is 33.8 Å². The molecule has 1 aromatic carbocycles. The zero-order valence-corrected chi connectivity index (χ0v) is 12.8. The zero-order valence-electron chi connectivity index (χ0n) is 12.8. The molecule has 0 spiro atoms. The highest BCUT2D eigenvalue weighted by molar-refractivity contribution is 5.68. The predicted molar refractivity (Wildman–Crippen MR) is 76.8 cm³/mol. The lowest BCUT2D eigenvalue weighted by Crippen LogP contribution is -2.34. The molecule has 0 unspecified atom stereocenters. The molecule has 0 bridgehead atoms. The van der Waals surface area contributed by atoms with Crippen LogP contribution in [-0.4, -0.2) is 30.0 Å². The van der Waals surface area contributed by atoms with Gasteiger partial charge in [-0.15, -0.1) is 0 Å². The first-order valence-electron chi connectivity index (χ1n) is 6.75. The van der Waals surface area contributed by atoms with Crippen LogP contribution in [0.15, 0.2) is 18.2 Å². The third kappa shape index (κ3) is 5.99. The van der Waals surface area contributed by atoms with Gasteiger partial charge >= 0.3 is 6.09 Å². The van der Waals surface area contributed by atoms with Crippen LogP contribution in [0, 0.1) is 5.82 Å². The average molecular weight is 299 g/mol. The van der Waals surface area contributed by atoms with Gasteiger partial charge in [0, 0.05) is 11.6 Å². The molecule has 2 N–H and O–H groups in total. The van der Waals surface area contributed by atoms with E-state index in [1.807, 2.05) is 0 Å². The molecule has 6 heteroatoms. The Kier molecular flexibility index (Phi) is 5.96. The first-order chi connectivity index (χ1) is 9.73. The van der Waals surface area contributed by atoms with E-state index in [4.69, 9.17) is 14.6 Å². The molecule has 0 fully saturated rings. The standard InChI is InChI=1S/C15H22FNO4/c1-10(17-14(19)21-15(2,3)4)12-6-5-11(16)9-13(12)20-8-7-18/h5-6,9-10,18H,7-8H2,1-4H3,(H,17,19)/t10-/m1/s1. The monoisotopic (exact) mass is 299 g/mol. The van der Waals surface area contributed by atoms with Crippen molar-refractivity contribution in [2.45, 2.75) is 39.3 Å². The molecular weight excluding hydrogens is 277 g/mol. The lowest BCUT2D eigenvalue weighted by atomic mass is 10.1. The Morgan fingerprint density at radius 3 is 2.67 bits per heavy atom. The van der Waals surface area contributed by atoms with Gasteiger partial charge in [0.2, 0.25) is 0 Å². The Morgan fingerprint density at radius 2 is 2.10 bits per heavy atom. The van der Waals surface area contributed by atoms with Crippen LogP contribution in [-0.2, 0) is 4.74 Å². The van der Waals surface area contributed by atoms with E-state index in [1.165, 1.54) is 18.2 Å². The number of nitrogens with one attached hydrogen (secondary N) is 1. The van der Waals surface area contributed by atoms with Crippen LogP contribution < -0.4 is 10.1 Å². The number of carbonyl (C=O) groups is 1. The number of ether oxygens (including phenoxy) is 2. The van der Waals surface area contributed by atoms with Crippen LogP contribution in [0.5, 0.6) is 5.75 Å². The Balaban J connectivity index is 2.81. The van der Waals surface area contributed by atoms with Gasteiger partial charge in [-0.2, -0.15) is 0 Å². The Labute approximate surface area is 124 Å². The molecule has 0 radical (unpaired) electrons. The fourth-order valence-corrected chi connectivity index (χ4v) is 1.71. The van der Waals surface area contributed by atoms with Gasteiger partial charge in [0.15, 0.2) is 0 Å². The molecule has 1 atom stereocenters. The number of hydrogen-bond acceptors (Lipinski definition) is 4. The van der Waals surface area contributed by atoms with Gasteiger partial charge in [-0.1, -0.05) is 6.07 Å². The third-order valence-electron chi connectivity index (χ3n) is 2.52. The highest BCUT2D eigenvalue weighted by Crippen LogP contribution is 2.26. The van der Waals surface area contributed by atoms with Crippen LogP contribution in [0.2, 0.25) is 0 Å². The van der Waals surface area contributed by atoms with Gasteiger partial charge < -0.3 is 19.9 Å². The van der Waals surface area contributed by atoms with Crippen molar-refractivity contribution in [3.05, 3.63) is 29.6 Å². The summed E-state index contributed by atoms with van der Waals surface area (Å²) in [5.74, 6) is -0.163. The maximum absolute atomic E-state index is 13.3. The predicted octanol–water partition coefficient (Wildman–Crippen LogP) is 2.78. The molecule has 0 heterocycles. The number of aliphatic hydroxyl groups is 1. The molecule has 21 heavy (non-hydrogen) atoms. The molecule has 0 aromatic heterocycles. The van der Waals surface area contributed by atoms with Gasteiger partial charge in [-0.25, -0.2) is 9.18 Å². The molecule has 0 aliphatic heterocycles. The summed E-state index contributed by atoms with van der Waals surface area (Å²) in [5, 5.41) is 11.5. The maximum atomic E-state index is 13.3. The van der Waals surface area contributed by atoms with Gasteiger partial charge in [0.25, 0.3) is 0 Å². The Bertz CT molecular complexity index is 485. The number of aliphatic hydroxyl groups excluding tert-OH is 1. The van der Waals surface area contributed by atoms with Crippen LogP contribution in [0.3, 0.4) is 0 Å². The first-order valence-corrected chi connectivity index (χ1v) is 6.75. The van der Waals surface area contributed by atoms with E-state index < -0.39 is 23.6 Å². The van der Waals surface area contributed by atoms with Crippen molar-refractivity contribution >= 4 is 6.09 Å². The number of halogens is 1. The van der Waals surface area contributed by atoms with E-state index in [0.29, 0.717) is 5.56 Å². The van der Waals surface area contributed by atoms with Crippen molar-refractivity contribution in [1.82, 2.24) is 5.32 Å². The molecule has 118 valence electrons. The molecule has 0 aliphatic carbocycles. The number of amides is 1. The topological polar surface area (TPSA) is 67.8 Å². The molecular formula is C15H22FNO4. The van der Waals surface area contributed by atoms with Crippen LogP contribution in [0.4, 0.5) is 9.18 Å². The highest BCUT2D eigenvalue weighted by Gasteiger charge is 2.20. The Hall–Kier alpha value is -1.82. The van der Waals surface area contributed by atoms with Crippen LogP contribution in [0.1, 0.15) is 39.3 Å². The zero-order chi connectivity index (χ0) is 16.0. The fourth-order valence-electron chi connectivity index (χ4n) is 1.71. The van der Waals surface area contributed by atoms with Crippen molar-refractivity contribution < 1.29 is 23.8 Å². The molecule has 5 nitrogen and oxygen atoms in total. The summed E-state index contributed by atoms with van der Waals surface area (Å²) in [6.07, 6.45) is -0.563. The van der Waals surface area contributed by atoms with E-state index in [-0.39, 0.29) is 19.0 Å². The van der Waals surface area contributed by atoms with Crippen molar-refractivity contribution in [2.24, 2.45) is 0 Å². The summed E-state index contributed by atoms with van der Waals surface area (Å²) in [6, 6.07) is 3.62. The number of rotatable bonds is 5. The Morgan fingerprint density at radius 1 is 1.43 bits per heavy atom. The molecule has 0 saturated heterocycles. The van der Waals surface area contributed by atoms with Crippen molar-refractivity contribution in [1.29, 1.82) is 0 Å². The van der Waals surface area contributed by atoms with E-state index in [0.717, 1.165) is 0 Å². The van der Waals surface area contributed by atoms with Crippen molar-refractivity contribution in [3.8, 4) is 5.75 Å².